The van der Waals surface area contributed by atoms with E-state index >= 15 is 0 Å². The van der Waals surface area contributed by atoms with Crippen LogP contribution < -0.4 is 7.06 Å². The van der Waals surface area contributed by atoms with Crippen LogP contribution in [0.3, 0.4) is 0 Å². The Hall–Kier alpha value is -0.210. The van der Waals surface area contributed by atoms with Crippen LogP contribution in [-0.4, -0.2) is 37.4 Å². The third-order valence-corrected chi connectivity index (χ3v) is 14.4. The average Bonchev–Trinajstić information content (AvgIpc) is 3.46. The molecule has 10 heteroatoms. The Kier molecular flexibility index (Phi) is 4.08. The fraction of sp³-hybridized carbons (Fsp3) is 0.833. The van der Waals surface area contributed by atoms with Crippen molar-refractivity contribution in [3.8, 4) is 0 Å². The van der Waals surface area contributed by atoms with Gasteiger partial charge in [0.1, 0.15) is 0 Å². The zero-order valence-electron chi connectivity index (χ0n) is 15.1. The van der Waals surface area contributed by atoms with Crippen molar-refractivity contribution >= 4 is 60.9 Å². The van der Waals surface area contributed by atoms with Crippen molar-refractivity contribution in [2.24, 2.45) is 23.7 Å². The molecule has 6 unspecified atom stereocenters. The topological polar surface area (TPSA) is 123 Å². The first-order valence-corrected chi connectivity index (χ1v) is 14.5. The summed E-state index contributed by atoms with van der Waals surface area (Å²) in [5.74, 6) is -3.58. The first kappa shape index (κ1) is 18.6. The van der Waals surface area contributed by atoms with E-state index < -0.39 is 44.0 Å². The summed E-state index contributed by atoms with van der Waals surface area (Å²) in [5, 5.41) is 0. The third kappa shape index (κ3) is 2.55. The second kappa shape index (κ2) is 6.16. The van der Waals surface area contributed by atoms with Crippen LogP contribution in [0, 0.1) is 23.7 Å². The number of alkyl halides is 2. The molecule has 0 aromatic rings. The second-order valence-electron chi connectivity index (χ2n) is 8.76. The van der Waals surface area contributed by atoms with Gasteiger partial charge in [0.25, 0.3) is 0 Å². The molecular weight excluding hydrogens is 594 g/mol. The van der Waals surface area contributed by atoms with Crippen LogP contribution in [0.5, 0.6) is 0 Å². The average molecular weight is 616 g/mol. The molecule has 0 aromatic heterocycles. The van der Waals surface area contributed by atoms with Gasteiger partial charge in [0.15, 0.2) is 0 Å². The summed E-state index contributed by atoms with van der Waals surface area (Å²) in [6.45, 7) is 0. The van der Waals surface area contributed by atoms with E-state index in [0.717, 1.165) is 25.7 Å². The molecule has 4 bridgehead atoms. The molecule has 154 valence electrons. The van der Waals surface area contributed by atoms with E-state index in [1.807, 2.05) is 0 Å². The van der Waals surface area contributed by atoms with Gasteiger partial charge in [0.2, 0.25) is 0 Å². The molecule has 3 aliphatic carbocycles. The van der Waals surface area contributed by atoms with Crippen LogP contribution in [0.15, 0.2) is 0 Å². The fourth-order valence-electron chi connectivity index (χ4n) is 5.73. The SMILES string of the molecule is O=C1OC2(OC(=O)C(I)C34NI3N4)CC3CC2C(C(=O)OC2CCCCC2)C13. The number of carbonyl (C=O) groups is 3. The van der Waals surface area contributed by atoms with Gasteiger partial charge in [-0.05, 0) is 0 Å². The Morgan fingerprint density at radius 3 is 2.64 bits per heavy atom. The van der Waals surface area contributed by atoms with E-state index in [1.165, 1.54) is 6.42 Å². The van der Waals surface area contributed by atoms with E-state index in [1.54, 1.807) is 0 Å². The number of hydrogen-bond acceptors (Lipinski definition) is 8. The number of hydrogen-bond donors (Lipinski definition) is 2. The molecule has 4 saturated heterocycles. The number of halogens is 2. The van der Waals surface area contributed by atoms with Gasteiger partial charge in [-0.3, -0.25) is 0 Å². The van der Waals surface area contributed by atoms with Crippen molar-refractivity contribution in [1.29, 1.82) is 0 Å². The first-order chi connectivity index (χ1) is 13.4. The monoisotopic (exact) mass is 616 g/mol. The molecule has 0 spiro atoms. The van der Waals surface area contributed by atoms with Crippen molar-refractivity contribution in [1.82, 2.24) is 7.06 Å². The minimum atomic E-state index is -1.29. The summed E-state index contributed by atoms with van der Waals surface area (Å²) in [4.78, 5) is 38.4. The standard InChI is InChI=1S/C18H22I2N2O6/c19-13(18-20(21-18)22-18)16(25)28-17-7-8-6-10(17)12(11(8)15(24)27-17)14(23)26-9-4-2-1-3-5-9/h8-13,21-22H,1-7H2. The van der Waals surface area contributed by atoms with Gasteiger partial charge < -0.3 is 0 Å². The van der Waals surface area contributed by atoms with Gasteiger partial charge in [-0.25, -0.2) is 0 Å². The summed E-state index contributed by atoms with van der Waals surface area (Å²) in [6.07, 6.45) is 6.27. The molecule has 0 aromatic carbocycles. The van der Waals surface area contributed by atoms with Crippen molar-refractivity contribution in [3.63, 3.8) is 0 Å². The number of fused-ring (bicyclic) bond motifs is 2. The normalized spacial score (nSPS) is 43.9. The Balaban J connectivity index is 1.20. The molecule has 8 nitrogen and oxygen atoms in total. The molecule has 3 saturated carbocycles. The zero-order chi connectivity index (χ0) is 19.3. The maximum absolute atomic E-state index is 13.0. The Morgan fingerprint density at radius 2 is 1.96 bits per heavy atom. The summed E-state index contributed by atoms with van der Waals surface area (Å²) in [6, 6.07) is 0. The van der Waals surface area contributed by atoms with Crippen molar-refractivity contribution in [3.05, 3.63) is 0 Å². The van der Waals surface area contributed by atoms with Crippen molar-refractivity contribution < 1.29 is 28.6 Å². The number of rotatable bonds is 5. The van der Waals surface area contributed by atoms with E-state index in [4.69, 9.17) is 14.2 Å². The van der Waals surface area contributed by atoms with E-state index in [9.17, 15) is 14.4 Å². The summed E-state index contributed by atoms with van der Waals surface area (Å²) < 4.78 is 23.4. The van der Waals surface area contributed by atoms with Crippen LogP contribution in [0.1, 0.15) is 44.9 Å². The van der Waals surface area contributed by atoms with Crippen LogP contribution >= 0.6 is 43.0 Å². The van der Waals surface area contributed by atoms with Gasteiger partial charge in [0, 0.05) is 0 Å². The Labute approximate surface area is 183 Å². The maximum atomic E-state index is 13.0. The molecule has 0 radical (unpaired) electrons. The molecule has 0 amide bonds. The fourth-order valence-corrected chi connectivity index (χ4v) is 13.1. The van der Waals surface area contributed by atoms with Crippen LogP contribution in [0.25, 0.3) is 0 Å². The van der Waals surface area contributed by atoms with Crippen LogP contribution in [-0.2, 0) is 28.6 Å². The summed E-state index contributed by atoms with van der Waals surface area (Å²) in [7, 11) is 0. The molecule has 28 heavy (non-hydrogen) atoms. The molecule has 6 atom stereocenters. The molecule has 4 heterocycles. The number of ether oxygens (including phenoxy) is 3. The summed E-state index contributed by atoms with van der Waals surface area (Å²) >= 11 is 0.826. The summed E-state index contributed by atoms with van der Waals surface area (Å²) in [5.41, 5.74) is 0. The Bertz CT molecular complexity index is 767. The molecule has 7 fully saturated rings. The van der Waals surface area contributed by atoms with E-state index in [0.29, 0.717) is 12.8 Å². The van der Waals surface area contributed by atoms with E-state index in [-0.39, 0.29) is 37.5 Å². The zero-order valence-corrected chi connectivity index (χ0v) is 19.4. The second-order valence-corrected chi connectivity index (χ2v) is 14.4. The Morgan fingerprint density at radius 1 is 1.25 bits per heavy atom. The van der Waals surface area contributed by atoms with Gasteiger partial charge in [-0.2, -0.15) is 0 Å². The van der Waals surface area contributed by atoms with Gasteiger partial charge in [-0.15, -0.1) is 0 Å². The van der Waals surface area contributed by atoms with Gasteiger partial charge in [-0.1, -0.05) is 6.42 Å². The quantitative estimate of drug-likeness (QED) is 0.120. The number of nitrogens with one attached hydrogen (secondary N) is 2. The van der Waals surface area contributed by atoms with Gasteiger partial charge in [0.05, 0.1) is 0 Å². The molecule has 7 aliphatic rings. The van der Waals surface area contributed by atoms with Crippen LogP contribution in [0.4, 0.5) is 0 Å². The molecular formula is C18H22I2N2O6. The molecule has 7 rings (SSSR count). The molecule has 4 aliphatic heterocycles. The first-order valence-electron chi connectivity index (χ1n) is 9.99. The third-order valence-electron chi connectivity index (χ3n) is 7.17. The molecule has 2 N–H and O–H groups in total. The van der Waals surface area contributed by atoms with Crippen LogP contribution in [0.2, 0.25) is 0 Å². The van der Waals surface area contributed by atoms with Gasteiger partial charge >= 0.3 is 178 Å². The minimum absolute atomic E-state index is 0.0372. The predicted octanol–water partition coefficient (Wildman–Crippen LogP) is 1.93. The number of esters is 3. The predicted molar refractivity (Wildman–Crippen MR) is 112 cm³/mol. The van der Waals surface area contributed by atoms with E-state index in [2.05, 4.69) is 29.7 Å². The van der Waals surface area contributed by atoms with Crippen molar-refractivity contribution in [2.75, 3.05) is 0 Å². The number of carbonyl (C=O) groups excluding carboxylic acids is 3. The van der Waals surface area contributed by atoms with Crippen molar-refractivity contribution in [2.45, 2.75) is 64.4 Å².